The largest absolute Gasteiger partial charge is 0.489 e. The molecular weight excluding hydrogens is 300 g/mol. The number of aryl methyl sites for hydroxylation is 1. The van der Waals surface area contributed by atoms with Gasteiger partial charge in [-0.05, 0) is 57.8 Å². The number of carbonyl (C=O) groups excluding carboxylic acids is 1. The zero-order valence-corrected chi connectivity index (χ0v) is 15.9. The first-order valence-electron chi connectivity index (χ1n) is 9.12. The van der Waals surface area contributed by atoms with Crippen LogP contribution in [0.25, 0.3) is 0 Å². The number of rotatable bonds is 12. The fraction of sp³-hybridized carbons (Fsp3) is 0.650. The van der Waals surface area contributed by atoms with E-state index >= 15 is 0 Å². The summed E-state index contributed by atoms with van der Waals surface area (Å²) < 4.78 is 6.13. The van der Waals surface area contributed by atoms with E-state index in [1.807, 2.05) is 26.1 Å². The van der Waals surface area contributed by atoms with Gasteiger partial charge in [-0.1, -0.05) is 38.5 Å². The molecule has 0 saturated carbocycles. The van der Waals surface area contributed by atoms with Crippen molar-refractivity contribution in [3.05, 3.63) is 29.8 Å². The van der Waals surface area contributed by atoms with E-state index in [0.717, 1.165) is 31.6 Å². The Balaban J connectivity index is 2.58. The molecule has 0 bridgehead atoms. The summed E-state index contributed by atoms with van der Waals surface area (Å²) in [6.07, 6.45) is 3.09. The SMILES string of the molecule is CCC(C)[C@H](NC[C@@H](C)Oc1ccccc1CCCNC)C(C)=O. The Morgan fingerprint density at radius 2 is 1.96 bits per heavy atom. The number of carbonyl (C=O) groups is 1. The first-order valence-corrected chi connectivity index (χ1v) is 9.12. The minimum Gasteiger partial charge on any atom is -0.489 e. The van der Waals surface area contributed by atoms with E-state index in [1.165, 1.54) is 5.56 Å². The Labute approximate surface area is 147 Å². The molecule has 136 valence electrons. The molecule has 24 heavy (non-hydrogen) atoms. The van der Waals surface area contributed by atoms with Crippen LogP contribution in [0.15, 0.2) is 24.3 Å². The van der Waals surface area contributed by atoms with Gasteiger partial charge in [0.25, 0.3) is 0 Å². The van der Waals surface area contributed by atoms with Crippen LogP contribution >= 0.6 is 0 Å². The maximum Gasteiger partial charge on any atom is 0.146 e. The summed E-state index contributed by atoms with van der Waals surface area (Å²) in [7, 11) is 1.97. The maximum atomic E-state index is 11.8. The lowest BCUT2D eigenvalue weighted by atomic mass is 9.96. The van der Waals surface area contributed by atoms with Gasteiger partial charge in [0.2, 0.25) is 0 Å². The normalized spacial score (nSPS) is 14.9. The summed E-state index contributed by atoms with van der Waals surface area (Å²) in [5.74, 6) is 1.48. The molecule has 3 atom stereocenters. The van der Waals surface area contributed by atoms with E-state index in [0.29, 0.717) is 12.5 Å². The van der Waals surface area contributed by atoms with E-state index < -0.39 is 0 Å². The Morgan fingerprint density at radius 1 is 1.25 bits per heavy atom. The Bertz CT molecular complexity index is 490. The van der Waals surface area contributed by atoms with Crippen LogP contribution < -0.4 is 15.4 Å². The molecule has 1 aromatic rings. The standard InChI is InChI=1S/C20H34N2O2/c1-6-15(2)20(17(4)23)22-14-16(3)24-19-12-8-7-10-18(19)11-9-13-21-5/h7-8,10,12,15-16,20-22H,6,9,11,13-14H2,1-5H3/t15?,16-,20+/m1/s1. The predicted octanol–water partition coefficient (Wildman–Crippen LogP) is 3.20. The number of ketones is 1. The summed E-state index contributed by atoms with van der Waals surface area (Å²) in [5, 5.41) is 6.55. The topological polar surface area (TPSA) is 50.4 Å². The van der Waals surface area contributed by atoms with Gasteiger partial charge < -0.3 is 15.4 Å². The van der Waals surface area contributed by atoms with Gasteiger partial charge in [-0.25, -0.2) is 0 Å². The summed E-state index contributed by atoms with van der Waals surface area (Å²) >= 11 is 0. The van der Waals surface area contributed by atoms with Gasteiger partial charge in [0, 0.05) is 6.54 Å². The maximum absolute atomic E-state index is 11.8. The number of hydrogen-bond acceptors (Lipinski definition) is 4. The van der Waals surface area contributed by atoms with Crippen LogP contribution in [0.4, 0.5) is 0 Å². The highest BCUT2D eigenvalue weighted by Gasteiger charge is 2.21. The van der Waals surface area contributed by atoms with Crippen LogP contribution in [0.1, 0.15) is 46.1 Å². The Morgan fingerprint density at radius 3 is 2.58 bits per heavy atom. The molecule has 0 aromatic heterocycles. The molecule has 0 aliphatic carbocycles. The smallest absolute Gasteiger partial charge is 0.146 e. The van der Waals surface area contributed by atoms with Gasteiger partial charge >= 0.3 is 0 Å². The van der Waals surface area contributed by atoms with Crippen molar-refractivity contribution in [3.8, 4) is 5.75 Å². The molecule has 4 heteroatoms. The lowest BCUT2D eigenvalue weighted by Gasteiger charge is -2.24. The van der Waals surface area contributed by atoms with Crippen LogP contribution in [-0.4, -0.2) is 38.1 Å². The molecule has 0 radical (unpaired) electrons. The molecule has 1 unspecified atom stereocenters. The number of para-hydroxylation sites is 1. The van der Waals surface area contributed by atoms with Crippen molar-refractivity contribution in [2.75, 3.05) is 20.1 Å². The van der Waals surface area contributed by atoms with Crippen molar-refractivity contribution in [1.29, 1.82) is 0 Å². The third kappa shape index (κ3) is 7.02. The van der Waals surface area contributed by atoms with Crippen molar-refractivity contribution in [2.45, 2.75) is 59.1 Å². The fourth-order valence-electron chi connectivity index (χ4n) is 2.81. The third-order valence-corrected chi connectivity index (χ3v) is 4.45. The van der Waals surface area contributed by atoms with Crippen LogP contribution in [0.5, 0.6) is 5.75 Å². The highest BCUT2D eigenvalue weighted by Crippen LogP contribution is 2.21. The van der Waals surface area contributed by atoms with E-state index in [4.69, 9.17) is 4.74 Å². The molecular formula is C20H34N2O2. The molecule has 1 aromatic carbocycles. The Hall–Kier alpha value is -1.39. The highest BCUT2D eigenvalue weighted by molar-refractivity contribution is 5.81. The van der Waals surface area contributed by atoms with Gasteiger partial charge in [0.15, 0.2) is 0 Å². The van der Waals surface area contributed by atoms with Crippen LogP contribution in [-0.2, 0) is 11.2 Å². The number of benzene rings is 1. The lowest BCUT2D eigenvalue weighted by Crippen LogP contribution is -2.44. The van der Waals surface area contributed by atoms with Crippen LogP contribution in [0, 0.1) is 5.92 Å². The zero-order valence-electron chi connectivity index (χ0n) is 15.9. The Kier molecular flexibility index (Phi) is 9.65. The van der Waals surface area contributed by atoms with Gasteiger partial charge in [0.1, 0.15) is 17.6 Å². The van der Waals surface area contributed by atoms with Crippen molar-refractivity contribution < 1.29 is 9.53 Å². The van der Waals surface area contributed by atoms with Crippen molar-refractivity contribution in [1.82, 2.24) is 10.6 Å². The van der Waals surface area contributed by atoms with E-state index in [-0.39, 0.29) is 17.9 Å². The molecule has 0 aliphatic heterocycles. The van der Waals surface area contributed by atoms with Gasteiger partial charge in [-0.3, -0.25) is 4.79 Å². The summed E-state index contributed by atoms with van der Waals surface area (Å²) in [4.78, 5) is 11.8. The number of nitrogens with one attached hydrogen (secondary N) is 2. The zero-order chi connectivity index (χ0) is 17.9. The minimum absolute atomic E-state index is 0.0151. The third-order valence-electron chi connectivity index (χ3n) is 4.45. The monoisotopic (exact) mass is 334 g/mol. The first kappa shape index (κ1) is 20.7. The number of hydrogen-bond donors (Lipinski definition) is 2. The highest BCUT2D eigenvalue weighted by atomic mass is 16.5. The van der Waals surface area contributed by atoms with Gasteiger partial charge in [-0.15, -0.1) is 0 Å². The van der Waals surface area contributed by atoms with Crippen LogP contribution in [0.3, 0.4) is 0 Å². The van der Waals surface area contributed by atoms with E-state index in [1.54, 1.807) is 6.92 Å². The quantitative estimate of drug-likeness (QED) is 0.576. The molecule has 0 fully saturated rings. The number of ether oxygens (including phenoxy) is 1. The van der Waals surface area contributed by atoms with E-state index in [9.17, 15) is 4.79 Å². The van der Waals surface area contributed by atoms with Crippen LogP contribution in [0.2, 0.25) is 0 Å². The average molecular weight is 335 g/mol. The van der Waals surface area contributed by atoms with Gasteiger partial charge in [-0.2, -0.15) is 0 Å². The van der Waals surface area contributed by atoms with Crippen molar-refractivity contribution in [2.24, 2.45) is 5.92 Å². The molecule has 0 amide bonds. The average Bonchev–Trinajstić information content (AvgIpc) is 2.56. The molecule has 2 N–H and O–H groups in total. The second-order valence-corrected chi connectivity index (χ2v) is 6.63. The summed E-state index contributed by atoms with van der Waals surface area (Å²) in [5.41, 5.74) is 1.24. The molecule has 0 spiro atoms. The van der Waals surface area contributed by atoms with E-state index in [2.05, 4.69) is 36.6 Å². The molecule has 4 nitrogen and oxygen atoms in total. The molecule has 0 saturated heterocycles. The van der Waals surface area contributed by atoms with Gasteiger partial charge in [0.05, 0.1) is 6.04 Å². The summed E-state index contributed by atoms with van der Waals surface area (Å²) in [6.45, 7) is 9.60. The first-order chi connectivity index (χ1) is 11.5. The van der Waals surface area contributed by atoms with Crippen molar-refractivity contribution >= 4 is 5.78 Å². The molecule has 0 aliphatic rings. The molecule has 0 heterocycles. The van der Waals surface area contributed by atoms with Crippen molar-refractivity contribution in [3.63, 3.8) is 0 Å². The number of Topliss-reactive ketones (excluding diaryl/α,β-unsaturated/α-hetero) is 1. The second kappa shape index (κ2) is 11.2. The second-order valence-electron chi connectivity index (χ2n) is 6.63. The predicted molar refractivity (Wildman–Crippen MR) is 101 cm³/mol. The lowest BCUT2D eigenvalue weighted by molar-refractivity contribution is -0.120. The minimum atomic E-state index is -0.0908. The fourth-order valence-corrected chi connectivity index (χ4v) is 2.81. The molecule has 1 rings (SSSR count). The summed E-state index contributed by atoms with van der Waals surface area (Å²) in [6, 6.07) is 8.13.